The number of nitrogens with zero attached hydrogens (tertiary/aromatic N) is 2. The van der Waals surface area contributed by atoms with Gasteiger partial charge >= 0.3 is 0 Å². The van der Waals surface area contributed by atoms with Gasteiger partial charge in [-0.15, -0.1) is 0 Å². The van der Waals surface area contributed by atoms with Crippen molar-refractivity contribution in [2.45, 2.75) is 52.0 Å². The average molecular weight is 379 g/mol. The molecule has 0 aliphatic carbocycles. The molecule has 1 saturated heterocycles. The molecule has 1 aromatic carbocycles. The third-order valence-corrected chi connectivity index (χ3v) is 5.10. The summed E-state index contributed by atoms with van der Waals surface area (Å²) < 4.78 is 13.4. The van der Waals surface area contributed by atoms with Gasteiger partial charge in [0.2, 0.25) is 0 Å². The van der Waals surface area contributed by atoms with Gasteiger partial charge < -0.3 is 20.6 Å². The second-order valence-corrected chi connectivity index (χ2v) is 7.27. The van der Waals surface area contributed by atoms with Crippen molar-refractivity contribution in [3.05, 3.63) is 30.1 Å². The first kappa shape index (κ1) is 21.5. The van der Waals surface area contributed by atoms with Crippen LogP contribution in [0.25, 0.3) is 0 Å². The van der Waals surface area contributed by atoms with E-state index in [4.69, 9.17) is 4.99 Å². The highest BCUT2D eigenvalue weighted by atomic mass is 19.1. The summed E-state index contributed by atoms with van der Waals surface area (Å²) in [5, 5.41) is 16.1. The molecular weight excluding hydrogens is 343 g/mol. The number of hydrogen-bond donors (Lipinski definition) is 3. The monoisotopic (exact) mass is 378 g/mol. The zero-order valence-electron chi connectivity index (χ0n) is 16.8. The normalized spacial score (nSPS) is 17.0. The Balaban J connectivity index is 1.86. The number of aliphatic hydroxyl groups is 1. The van der Waals surface area contributed by atoms with Crippen molar-refractivity contribution in [1.82, 2.24) is 10.6 Å². The fourth-order valence-electron chi connectivity index (χ4n) is 3.61. The molecule has 1 heterocycles. The summed E-state index contributed by atoms with van der Waals surface area (Å²) in [5.74, 6) is 1.12. The topological polar surface area (TPSA) is 59.9 Å². The number of hydrogen-bond acceptors (Lipinski definition) is 3. The van der Waals surface area contributed by atoms with Crippen molar-refractivity contribution in [3.8, 4) is 0 Å². The van der Waals surface area contributed by atoms with Crippen LogP contribution < -0.4 is 15.5 Å². The van der Waals surface area contributed by atoms with Crippen molar-refractivity contribution >= 4 is 11.6 Å². The van der Waals surface area contributed by atoms with E-state index in [0.717, 1.165) is 69.9 Å². The summed E-state index contributed by atoms with van der Waals surface area (Å²) >= 11 is 0. The minimum Gasteiger partial charge on any atom is -0.396 e. The van der Waals surface area contributed by atoms with E-state index in [1.54, 1.807) is 12.1 Å². The van der Waals surface area contributed by atoms with Gasteiger partial charge in [0.05, 0.1) is 0 Å². The van der Waals surface area contributed by atoms with Crippen LogP contribution in [0.2, 0.25) is 0 Å². The van der Waals surface area contributed by atoms with E-state index in [1.807, 2.05) is 6.07 Å². The number of aliphatic imine (C=N–C) groups is 1. The second kappa shape index (κ2) is 11.8. The molecule has 1 atom stereocenters. The maximum absolute atomic E-state index is 13.4. The zero-order chi connectivity index (χ0) is 19.5. The summed E-state index contributed by atoms with van der Waals surface area (Å²) in [4.78, 5) is 6.99. The molecule has 1 aromatic rings. The van der Waals surface area contributed by atoms with E-state index in [0.29, 0.717) is 12.0 Å². The molecular formula is C21H35FN4O. The Labute approximate surface area is 163 Å². The van der Waals surface area contributed by atoms with Crippen LogP contribution >= 0.6 is 0 Å². The number of rotatable bonds is 9. The molecule has 0 saturated carbocycles. The third kappa shape index (κ3) is 7.37. The van der Waals surface area contributed by atoms with E-state index in [9.17, 15) is 9.50 Å². The molecule has 27 heavy (non-hydrogen) atoms. The van der Waals surface area contributed by atoms with E-state index in [-0.39, 0.29) is 12.4 Å². The van der Waals surface area contributed by atoms with Gasteiger partial charge in [0.15, 0.2) is 5.96 Å². The SMILES string of the molecule is CCCC(CCO)CN=C(NCC)NC1CCN(c2cccc(F)c2)CC1. The molecule has 0 radical (unpaired) electrons. The van der Waals surface area contributed by atoms with Crippen molar-refractivity contribution in [2.24, 2.45) is 10.9 Å². The predicted octanol–water partition coefficient (Wildman–Crippen LogP) is 3.15. The van der Waals surface area contributed by atoms with E-state index < -0.39 is 0 Å². The maximum Gasteiger partial charge on any atom is 0.191 e. The minimum absolute atomic E-state index is 0.182. The lowest BCUT2D eigenvalue weighted by Crippen LogP contribution is -2.49. The molecule has 1 aliphatic heterocycles. The molecule has 0 aromatic heterocycles. The lowest BCUT2D eigenvalue weighted by atomic mass is 10.0. The quantitative estimate of drug-likeness (QED) is 0.456. The number of nitrogens with one attached hydrogen (secondary N) is 2. The Morgan fingerprint density at radius 1 is 1.30 bits per heavy atom. The Kier molecular flexibility index (Phi) is 9.39. The van der Waals surface area contributed by atoms with Crippen molar-refractivity contribution in [1.29, 1.82) is 0 Å². The first-order chi connectivity index (χ1) is 13.2. The molecule has 5 nitrogen and oxygen atoms in total. The molecule has 1 aliphatic rings. The predicted molar refractivity (Wildman–Crippen MR) is 111 cm³/mol. The van der Waals surface area contributed by atoms with Crippen LogP contribution in [0, 0.1) is 11.7 Å². The van der Waals surface area contributed by atoms with Gasteiger partial charge in [-0.2, -0.15) is 0 Å². The Hall–Kier alpha value is -1.82. The number of piperidine rings is 1. The van der Waals surface area contributed by atoms with Crippen LogP contribution in [0.5, 0.6) is 0 Å². The van der Waals surface area contributed by atoms with E-state index >= 15 is 0 Å². The van der Waals surface area contributed by atoms with Crippen LogP contribution in [0.15, 0.2) is 29.3 Å². The van der Waals surface area contributed by atoms with Gasteiger partial charge in [0, 0.05) is 44.5 Å². The molecule has 2 rings (SSSR count). The zero-order valence-corrected chi connectivity index (χ0v) is 16.8. The first-order valence-electron chi connectivity index (χ1n) is 10.3. The molecule has 6 heteroatoms. The average Bonchev–Trinajstić information content (AvgIpc) is 2.67. The number of halogens is 1. The number of aliphatic hydroxyl groups excluding tert-OH is 1. The molecule has 0 bridgehead atoms. The molecule has 152 valence electrons. The first-order valence-corrected chi connectivity index (χ1v) is 10.3. The lowest BCUT2D eigenvalue weighted by Gasteiger charge is -2.34. The van der Waals surface area contributed by atoms with E-state index in [1.165, 1.54) is 6.07 Å². The van der Waals surface area contributed by atoms with Gasteiger partial charge in [-0.3, -0.25) is 4.99 Å². The highest BCUT2D eigenvalue weighted by Gasteiger charge is 2.20. The summed E-state index contributed by atoms with van der Waals surface area (Å²) in [6, 6.07) is 7.20. The van der Waals surface area contributed by atoms with Crippen molar-refractivity contribution < 1.29 is 9.50 Å². The standard InChI is InChI=1S/C21H35FN4O/c1-3-6-17(11-14-27)16-24-21(23-4-2)25-19-9-12-26(13-10-19)20-8-5-7-18(22)15-20/h5,7-8,15,17,19,27H,3-4,6,9-14,16H2,1-2H3,(H2,23,24,25). The molecule has 3 N–H and O–H groups in total. The summed E-state index contributed by atoms with van der Waals surface area (Å²) in [7, 11) is 0. The molecule has 1 unspecified atom stereocenters. The fourth-order valence-corrected chi connectivity index (χ4v) is 3.61. The molecule has 1 fully saturated rings. The lowest BCUT2D eigenvalue weighted by molar-refractivity contribution is 0.253. The van der Waals surface area contributed by atoms with Gasteiger partial charge in [-0.05, 0) is 56.7 Å². The number of guanidine groups is 1. The number of benzene rings is 1. The highest BCUT2D eigenvalue weighted by Crippen LogP contribution is 2.20. The largest absolute Gasteiger partial charge is 0.396 e. The summed E-state index contributed by atoms with van der Waals surface area (Å²) in [5.41, 5.74) is 0.959. The van der Waals surface area contributed by atoms with Gasteiger partial charge in [0.1, 0.15) is 5.82 Å². The van der Waals surface area contributed by atoms with Crippen LogP contribution in [0.4, 0.5) is 10.1 Å². The fraction of sp³-hybridized carbons (Fsp3) is 0.667. The van der Waals surface area contributed by atoms with Gasteiger partial charge in [0.25, 0.3) is 0 Å². The highest BCUT2D eigenvalue weighted by molar-refractivity contribution is 5.80. The maximum atomic E-state index is 13.4. The van der Waals surface area contributed by atoms with Gasteiger partial charge in [-0.1, -0.05) is 19.4 Å². The van der Waals surface area contributed by atoms with Crippen LogP contribution in [0.1, 0.15) is 46.0 Å². The van der Waals surface area contributed by atoms with Gasteiger partial charge in [-0.25, -0.2) is 4.39 Å². The van der Waals surface area contributed by atoms with Crippen LogP contribution in [-0.2, 0) is 0 Å². The van der Waals surface area contributed by atoms with E-state index in [2.05, 4.69) is 29.4 Å². The number of anilines is 1. The Morgan fingerprint density at radius 2 is 2.07 bits per heavy atom. The summed E-state index contributed by atoms with van der Waals surface area (Å²) in [6.45, 7) is 7.85. The van der Waals surface area contributed by atoms with Crippen molar-refractivity contribution in [3.63, 3.8) is 0 Å². The van der Waals surface area contributed by atoms with Crippen molar-refractivity contribution in [2.75, 3.05) is 37.7 Å². The smallest absolute Gasteiger partial charge is 0.191 e. The third-order valence-electron chi connectivity index (χ3n) is 5.10. The van der Waals surface area contributed by atoms with Crippen LogP contribution in [0.3, 0.4) is 0 Å². The second-order valence-electron chi connectivity index (χ2n) is 7.27. The Bertz CT molecular complexity index is 567. The Morgan fingerprint density at radius 3 is 2.70 bits per heavy atom. The summed E-state index contributed by atoms with van der Waals surface area (Å²) in [6.07, 6.45) is 5.01. The van der Waals surface area contributed by atoms with Crippen LogP contribution in [-0.4, -0.2) is 49.9 Å². The minimum atomic E-state index is -0.182. The molecule has 0 spiro atoms. The molecule has 0 amide bonds.